The van der Waals surface area contributed by atoms with Crippen molar-refractivity contribution in [2.75, 3.05) is 0 Å². The van der Waals surface area contributed by atoms with E-state index in [1.807, 2.05) is 24.3 Å². The number of sulfonamides is 1. The van der Waals surface area contributed by atoms with E-state index >= 15 is 0 Å². The Kier molecular flexibility index (Phi) is 4.39. The Hall–Kier alpha value is -1.17. The van der Waals surface area contributed by atoms with Crippen LogP contribution in [0.3, 0.4) is 0 Å². The van der Waals surface area contributed by atoms with Gasteiger partial charge in [0.05, 0.1) is 0 Å². The molecule has 19 heavy (non-hydrogen) atoms. The summed E-state index contributed by atoms with van der Waals surface area (Å²) >= 11 is 1.22. The molecule has 0 amide bonds. The smallest absolute Gasteiger partial charge is 0.206 e. The van der Waals surface area contributed by atoms with Crippen molar-refractivity contribution >= 4 is 21.4 Å². The van der Waals surface area contributed by atoms with Gasteiger partial charge < -0.3 is 0 Å². The lowest BCUT2D eigenvalue weighted by molar-refractivity contribution is 0.583. The molecule has 0 atom stereocenters. The van der Waals surface area contributed by atoms with Gasteiger partial charge in [0.15, 0.2) is 0 Å². The van der Waals surface area contributed by atoms with Crippen LogP contribution in [0.4, 0.5) is 0 Å². The Bertz CT molecular complexity index is 614. The van der Waals surface area contributed by atoms with Gasteiger partial charge >= 0.3 is 0 Å². The highest BCUT2D eigenvalue weighted by Gasteiger charge is 2.14. The maximum absolute atomic E-state index is 11.9. The Morgan fingerprint density at radius 2 is 1.84 bits per heavy atom. The molecule has 0 spiro atoms. The van der Waals surface area contributed by atoms with Crippen LogP contribution in [0, 0.1) is 0 Å². The highest BCUT2D eigenvalue weighted by molar-refractivity contribution is 7.91. The second-order valence-corrected chi connectivity index (χ2v) is 7.59. The average molecular weight is 295 g/mol. The van der Waals surface area contributed by atoms with E-state index in [1.54, 1.807) is 17.5 Å². The standard InChI is InChI=1S/C14H17NO2S2/c1-11(2)13-7-5-12(6-8-13)10-15-19(16,17)14-4-3-9-18-14/h3-9,11,15H,10H2,1-2H3. The third-order valence-corrected chi connectivity index (χ3v) is 5.67. The van der Waals surface area contributed by atoms with Crippen LogP contribution in [-0.4, -0.2) is 8.42 Å². The third-order valence-electron chi connectivity index (χ3n) is 2.87. The van der Waals surface area contributed by atoms with E-state index in [2.05, 4.69) is 18.6 Å². The second-order valence-electron chi connectivity index (χ2n) is 4.65. The Balaban J connectivity index is 2.03. The van der Waals surface area contributed by atoms with Gasteiger partial charge in [-0.3, -0.25) is 0 Å². The van der Waals surface area contributed by atoms with Gasteiger partial charge in [0.1, 0.15) is 4.21 Å². The highest BCUT2D eigenvalue weighted by Crippen LogP contribution is 2.17. The van der Waals surface area contributed by atoms with Crippen molar-refractivity contribution < 1.29 is 8.42 Å². The van der Waals surface area contributed by atoms with Gasteiger partial charge in [0, 0.05) is 6.54 Å². The molecule has 0 unspecified atom stereocenters. The lowest BCUT2D eigenvalue weighted by Gasteiger charge is -2.08. The summed E-state index contributed by atoms with van der Waals surface area (Å²) in [4.78, 5) is 0. The van der Waals surface area contributed by atoms with Crippen molar-refractivity contribution in [1.82, 2.24) is 4.72 Å². The predicted octanol–water partition coefficient (Wildman–Crippen LogP) is 3.35. The van der Waals surface area contributed by atoms with Crippen LogP contribution >= 0.6 is 11.3 Å². The zero-order valence-corrected chi connectivity index (χ0v) is 12.6. The predicted molar refractivity (Wildman–Crippen MR) is 78.9 cm³/mol. The summed E-state index contributed by atoms with van der Waals surface area (Å²) in [5.41, 5.74) is 2.22. The zero-order valence-electron chi connectivity index (χ0n) is 11.0. The highest BCUT2D eigenvalue weighted by atomic mass is 32.2. The van der Waals surface area contributed by atoms with Crippen molar-refractivity contribution in [2.24, 2.45) is 0 Å². The molecule has 0 aliphatic rings. The molecule has 0 radical (unpaired) electrons. The van der Waals surface area contributed by atoms with Crippen molar-refractivity contribution in [3.8, 4) is 0 Å². The molecule has 0 saturated heterocycles. The monoisotopic (exact) mass is 295 g/mol. The molecular formula is C14H17NO2S2. The summed E-state index contributed by atoms with van der Waals surface area (Å²) in [6, 6.07) is 11.4. The number of thiophene rings is 1. The van der Waals surface area contributed by atoms with Crippen LogP contribution in [0.15, 0.2) is 46.0 Å². The lowest BCUT2D eigenvalue weighted by Crippen LogP contribution is -2.22. The maximum Gasteiger partial charge on any atom is 0.250 e. The fourth-order valence-electron chi connectivity index (χ4n) is 1.69. The number of hydrogen-bond acceptors (Lipinski definition) is 3. The van der Waals surface area contributed by atoms with Gasteiger partial charge in [-0.2, -0.15) is 0 Å². The van der Waals surface area contributed by atoms with Crippen molar-refractivity contribution in [2.45, 2.75) is 30.5 Å². The van der Waals surface area contributed by atoms with Crippen LogP contribution in [-0.2, 0) is 16.6 Å². The van der Waals surface area contributed by atoms with Crippen molar-refractivity contribution in [3.05, 3.63) is 52.9 Å². The van der Waals surface area contributed by atoms with Gasteiger partial charge in [0.2, 0.25) is 10.0 Å². The fourth-order valence-corrected chi connectivity index (χ4v) is 3.74. The van der Waals surface area contributed by atoms with Gasteiger partial charge in [-0.05, 0) is 28.5 Å². The van der Waals surface area contributed by atoms with Gasteiger partial charge in [0.25, 0.3) is 0 Å². The maximum atomic E-state index is 11.9. The number of nitrogens with one attached hydrogen (secondary N) is 1. The molecule has 2 rings (SSSR count). The molecule has 0 fully saturated rings. The van der Waals surface area contributed by atoms with Crippen molar-refractivity contribution in [3.63, 3.8) is 0 Å². The average Bonchev–Trinajstić information content (AvgIpc) is 2.91. The second kappa shape index (κ2) is 5.86. The summed E-state index contributed by atoms with van der Waals surface area (Å²) in [7, 11) is -3.37. The molecule has 1 N–H and O–H groups in total. The largest absolute Gasteiger partial charge is 0.250 e. The molecule has 0 aliphatic heterocycles. The Morgan fingerprint density at radius 1 is 1.16 bits per heavy atom. The van der Waals surface area contributed by atoms with Gasteiger partial charge in [-0.25, -0.2) is 13.1 Å². The molecule has 2 aromatic rings. The van der Waals surface area contributed by atoms with Gasteiger partial charge in [-0.1, -0.05) is 44.2 Å². The quantitative estimate of drug-likeness (QED) is 0.919. The van der Waals surface area contributed by atoms with Gasteiger partial charge in [-0.15, -0.1) is 11.3 Å². The summed E-state index contributed by atoms with van der Waals surface area (Å²) in [5, 5.41) is 1.76. The van der Waals surface area contributed by atoms with E-state index in [9.17, 15) is 8.42 Å². The molecule has 1 aromatic carbocycles. The number of benzene rings is 1. The summed E-state index contributed by atoms with van der Waals surface area (Å²) in [6.45, 7) is 4.58. The first-order valence-electron chi connectivity index (χ1n) is 6.11. The zero-order chi connectivity index (χ0) is 13.9. The topological polar surface area (TPSA) is 46.2 Å². The summed E-state index contributed by atoms with van der Waals surface area (Å²) in [6.07, 6.45) is 0. The van der Waals surface area contributed by atoms with E-state index in [4.69, 9.17) is 0 Å². The molecule has 1 heterocycles. The first kappa shape index (κ1) is 14.2. The normalized spacial score (nSPS) is 11.9. The fraction of sp³-hybridized carbons (Fsp3) is 0.286. The first-order chi connectivity index (χ1) is 8.99. The molecule has 0 bridgehead atoms. The molecule has 3 nitrogen and oxygen atoms in total. The molecule has 102 valence electrons. The van der Waals surface area contributed by atoms with E-state index < -0.39 is 10.0 Å². The van der Waals surface area contributed by atoms with E-state index in [1.165, 1.54) is 16.9 Å². The van der Waals surface area contributed by atoms with Crippen LogP contribution < -0.4 is 4.72 Å². The van der Waals surface area contributed by atoms with Crippen LogP contribution in [0.2, 0.25) is 0 Å². The first-order valence-corrected chi connectivity index (χ1v) is 8.47. The molecule has 1 aromatic heterocycles. The van der Waals surface area contributed by atoms with E-state index in [0.29, 0.717) is 16.7 Å². The van der Waals surface area contributed by atoms with E-state index in [0.717, 1.165) is 5.56 Å². The SMILES string of the molecule is CC(C)c1ccc(CNS(=O)(=O)c2cccs2)cc1. The van der Waals surface area contributed by atoms with E-state index in [-0.39, 0.29) is 0 Å². The van der Waals surface area contributed by atoms with Crippen LogP contribution in [0.25, 0.3) is 0 Å². The summed E-state index contributed by atoms with van der Waals surface area (Å²) < 4.78 is 26.8. The Labute approximate surface area is 118 Å². The molecule has 0 aliphatic carbocycles. The number of rotatable bonds is 5. The minimum atomic E-state index is -3.37. The van der Waals surface area contributed by atoms with Crippen LogP contribution in [0.1, 0.15) is 30.9 Å². The third kappa shape index (κ3) is 3.65. The lowest BCUT2D eigenvalue weighted by atomic mass is 10.0. The molecular weight excluding hydrogens is 278 g/mol. The number of hydrogen-bond donors (Lipinski definition) is 1. The van der Waals surface area contributed by atoms with Crippen molar-refractivity contribution in [1.29, 1.82) is 0 Å². The minimum absolute atomic E-state index is 0.318. The molecule has 5 heteroatoms. The van der Waals surface area contributed by atoms with Crippen LogP contribution in [0.5, 0.6) is 0 Å². The molecule has 0 saturated carbocycles. The Morgan fingerprint density at radius 3 is 2.37 bits per heavy atom. The minimum Gasteiger partial charge on any atom is -0.206 e. The summed E-state index contributed by atoms with van der Waals surface area (Å²) in [5.74, 6) is 0.483.